The number of imide groups is 1. The van der Waals surface area contributed by atoms with Gasteiger partial charge in [-0.15, -0.1) is 0 Å². The third-order valence-corrected chi connectivity index (χ3v) is 3.34. The van der Waals surface area contributed by atoms with E-state index in [0.29, 0.717) is 0 Å². The number of amides is 2. The molecule has 1 saturated heterocycles. The maximum Gasteiger partial charge on any atom is 0.323 e. The van der Waals surface area contributed by atoms with Crippen molar-refractivity contribution in [1.29, 1.82) is 0 Å². The summed E-state index contributed by atoms with van der Waals surface area (Å²) in [5.74, 6) is -1.77. The second-order valence-corrected chi connectivity index (χ2v) is 4.70. The van der Waals surface area contributed by atoms with E-state index in [1.54, 1.807) is 16.7 Å². The third kappa shape index (κ3) is 2.30. The first-order valence-corrected chi connectivity index (χ1v) is 5.89. The van der Waals surface area contributed by atoms with Crippen LogP contribution in [0.2, 0.25) is 0 Å². The molecule has 1 aliphatic heterocycles. The number of hydrogen-bond acceptors (Lipinski definition) is 4. The molecular weight excluding hydrogens is 256 g/mol. The monoisotopic (exact) mass is 266 g/mol. The number of carboxylic acid groups (broad SMARTS) is 1. The van der Waals surface area contributed by atoms with Gasteiger partial charge in [-0.2, -0.15) is 0 Å². The summed E-state index contributed by atoms with van der Waals surface area (Å²) in [4.78, 5) is 34.8. The minimum absolute atomic E-state index is 0.239. The van der Waals surface area contributed by atoms with Gasteiger partial charge in [-0.05, 0) is 30.0 Å². The minimum atomic E-state index is -1.21. The molecule has 2 amide bonds. The lowest BCUT2D eigenvalue weighted by Gasteiger charge is -2.07. The van der Waals surface area contributed by atoms with Crippen molar-refractivity contribution in [2.75, 3.05) is 6.54 Å². The summed E-state index contributed by atoms with van der Waals surface area (Å²) in [5, 5.41) is 8.06. The number of aromatic nitrogens is 1. The number of nitrogens with zero attached hydrogens (tertiary/aromatic N) is 2. The van der Waals surface area contributed by atoms with E-state index in [9.17, 15) is 14.4 Å². The molecule has 7 heteroatoms. The van der Waals surface area contributed by atoms with Gasteiger partial charge in [0.25, 0.3) is 11.1 Å². The lowest BCUT2D eigenvalue weighted by molar-refractivity contribution is -0.140. The molecule has 1 aromatic rings. The van der Waals surface area contributed by atoms with E-state index in [2.05, 4.69) is 0 Å². The molecule has 0 saturated carbocycles. The fraction of sp³-hybridized carbons (Fsp3) is 0.182. The van der Waals surface area contributed by atoms with Gasteiger partial charge in [-0.25, -0.2) is 0 Å². The fourth-order valence-electron chi connectivity index (χ4n) is 1.53. The maximum absolute atomic E-state index is 11.8. The lowest BCUT2D eigenvalue weighted by atomic mass is 10.3. The summed E-state index contributed by atoms with van der Waals surface area (Å²) < 4.78 is 1.80. The summed E-state index contributed by atoms with van der Waals surface area (Å²) in [7, 11) is 1.81. The van der Waals surface area contributed by atoms with Crippen molar-refractivity contribution in [3.8, 4) is 0 Å². The Morgan fingerprint density at radius 1 is 1.50 bits per heavy atom. The van der Waals surface area contributed by atoms with E-state index in [0.717, 1.165) is 22.4 Å². The van der Waals surface area contributed by atoms with Crippen molar-refractivity contribution in [1.82, 2.24) is 9.47 Å². The van der Waals surface area contributed by atoms with E-state index in [1.807, 2.05) is 19.3 Å². The van der Waals surface area contributed by atoms with E-state index in [-0.39, 0.29) is 4.91 Å². The molecule has 1 N–H and O–H groups in total. The van der Waals surface area contributed by atoms with Gasteiger partial charge in [-0.3, -0.25) is 19.3 Å². The first-order chi connectivity index (χ1) is 8.49. The van der Waals surface area contributed by atoms with Crippen molar-refractivity contribution in [2.45, 2.75) is 0 Å². The summed E-state index contributed by atoms with van der Waals surface area (Å²) in [6, 6.07) is 3.61. The molecule has 0 aromatic carbocycles. The predicted octanol–water partition coefficient (Wildman–Crippen LogP) is 1.15. The third-order valence-electron chi connectivity index (χ3n) is 2.43. The van der Waals surface area contributed by atoms with Gasteiger partial charge in [0.1, 0.15) is 6.54 Å². The molecule has 6 nitrogen and oxygen atoms in total. The lowest BCUT2D eigenvalue weighted by Crippen LogP contribution is -2.33. The number of carboxylic acids is 1. The topological polar surface area (TPSA) is 79.6 Å². The molecule has 2 rings (SSSR count). The fourth-order valence-corrected chi connectivity index (χ4v) is 2.35. The van der Waals surface area contributed by atoms with Crippen LogP contribution in [0.3, 0.4) is 0 Å². The molecule has 1 fully saturated rings. The second-order valence-electron chi connectivity index (χ2n) is 3.71. The molecule has 0 spiro atoms. The zero-order chi connectivity index (χ0) is 13.3. The Hall–Kier alpha value is -2.02. The summed E-state index contributed by atoms with van der Waals surface area (Å²) in [5.41, 5.74) is 0.774. The average Bonchev–Trinajstić information content (AvgIpc) is 2.79. The van der Waals surface area contributed by atoms with Crippen molar-refractivity contribution in [3.63, 3.8) is 0 Å². The van der Waals surface area contributed by atoms with Gasteiger partial charge in [0, 0.05) is 18.9 Å². The zero-order valence-electron chi connectivity index (χ0n) is 9.49. The molecule has 1 aromatic heterocycles. The normalized spacial score (nSPS) is 17.8. The highest BCUT2D eigenvalue weighted by atomic mass is 32.2. The summed E-state index contributed by atoms with van der Waals surface area (Å²) in [6.07, 6.45) is 3.39. The Labute approximate surface area is 107 Å². The van der Waals surface area contributed by atoms with Crippen LogP contribution in [0, 0.1) is 0 Å². The number of aliphatic carboxylic acids is 1. The predicted molar refractivity (Wildman–Crippen MR) is 65.7 cm³/mol. The van der Waals surface area contributed by atoms with Crippen molar-refractivity contribution >= 4 is 35.0 Å². The average molecular weight is 266 g/mol. The Kier molecular flexibility index (Phi) is 3.24. The maximum atomic E-state index is 11.8. The van der Waals surface area contributed by atoms with Crippen LogP contribution in [-0.2, 0) is 16.6 Å². The number of hydrogen-bond donors (Lipinski definition) is 1. The Morgan fingerprint density at radius 2 is 2.22 bits per heavy atom. The summed E-state index contributed by atoms with van der Waals surface area (Å²) >= 11 is 0.753. The number of carbonyl (C=O) groups excluding carboxylic acids is 2. The van der Waals surface area contributed by atoms with Gasteiger partial charge in [0.05, 0.1) is 4.91 Å². The molecule has 0 bridgehead atoms. The second kappa shape index (κ2) is 4.69. The van der Waals surface area contributed by atoms with Gasteiger partial charge in [0.15, 0.2) is 0 Å². The molecule has 2 heterocycles. The molecule has 0 atom stereocenters. The smallest absolute Gasteiger partial charge is 0.323 e. The van der Waals surface area contributed by atoms with E-state index < -0.39 is 23.7 Å². The molecule has 0 unspecified atom stereocenters. The molecule has 0 aliphatic carbocycles. The van der Waals surface area contributed by atoms with Gasteiger partial charge < -0.3 is 9.67 Å². The Balaban J connectivity index is 2.25. The zero-order valence-corrected chi connectivity index (χ0v) is 10.3. The van der Waals surface area contributed by atoms with Crippen LogP contribution in [0.15, 0.2) is 23.2 Å². The van der Waals surface area contributed by atoms with E-state index in [4.69, 9.17) is 5.11 Å². The highest BCUT2D eigenvalue weighted by Crippen LogP contribution is 2.31. The highest BCUT2D eigenvalue weighted by molar-refractivity contribution is 8.18. The number of thioether (sulfide) groups is 1. The molecular formula is C11H10N2O4S. The first kappa shape index (κ1) is 12.4. The van der Waals surface area contributed by atoms with Crippen LogP contribution in [-0.4, -0.2) is 38.2 Å². The molecule has 0 radical (unpaired) electrons. The number of aryl methyl sites for hydroxylation is 1. The quantitative estimate of drug-likeness (QED) is 0.830. The van der Waals surface area contributed by atoms with Crippen LogP contribution in [0.25, 0.3) is 6.08 Å². The van der Waals surface area contributed by atoms with Crippen molar-refractivity contribution in [2.24, 2.45) is 7.05 Å². The van der Waals surface area contributed by atoms with Crippen LogP contribution in [0.1, 0.15) is 5.69 Å². The van der Waals surface area contributed by atoms with E-state index >= 15 is 0 Å². The standard InChI is InChI=1S/C11H10N2O4S/c1-12-4-2-3-7(12)5-8-10(16)13(6-9(14)15)11(17)18-8/h2-5H,6H2,1H3,(H,14,15)/b8-5-. The van der Waals surface area contributed by atoms with E-state index in [1.165, 1.54) is 0 Å². The van der Waals surface area contributed by atoms with Gasteiger partial charge >= 0.3 is 5.97 Å². The number of rotatable bonds is 3. The van der Waals surface area contributed by atoms with Crippen LogP contribution in [0.4, 0.5) is 4.79 Å². The van der Waals surface area contributed by atoms with Crippen molar-refractivity contribution < 1.29 is 19.5 Å². The first-order valence-electron chi connectivity index (χ1n) is 5.07. The van der Waals surface area contributed by atoms with Crippen molar-refractivity contribution in [3.05, 3.63) is 28.9 Å². The molecule has 18 heavy (non-hydrogen) atoms. The minimum Gasteiger partial charge on any atom is -0.480 e. The summed E-state index contributed by atoms with van der Waals surface area (Å²) in [6.45, 7) is -0.602. The Morgan fingerprint density at radius 3 is 2.78 bits per heavy atom. The van der Waals surface area contributed by atoms with Gasteiger partial charge in [0.2, 0.25) is 0 Å². The molecule has 1 aliphatic rings. The molecule has 94 valence electrons. The van der Waals surface area contributed by atoms with Crippen LogP contribution >= 0.6 is 11.8 Å². The van der Waals surface area contributed by atoms with Crippen LogP contribution < -0.4 is 0 Å². The van der Waals surface area contributed by atoms with Gasteiger partial charge in [-0.1, -0.05) is 0 Å². The highest BCUT2D eigenvalue weighted by Gasteiger charge is 2.36. The number of carbonyl (C=O) groups is 3. The van der Waals surface area contributed by atoms with Crippen LogP contribution in [0.5, 0.6) is 0 Å². The Bertz CT molecular complexity index is 561. The SMILES string of the molecule is Cn1cccc1/C=C1\SC(=O)N(CC(=O)O)C1=O. The largest absolute Gasteiger partial charge is 0.480 e.